The summed E-state index contributed by atoms with van der Waals surface area (Å²) in [5.41, 5.74) is 5.34. The Labute approximate surface area is 122 Å². The molecule has 21 heavy (non-hydrogen) atoms. The van der Waals surface area contributed by atoms with E-state index in [2.05, 4.69) is 52.3 Å². The molecule has 0 atom stereocenters. The molecule has 0 aliphatic rings. The number of imidazole rings is 1. The number of aryl methyl sites for hydroxylation is 2. The number of aromatic amines is 2. The second-order valence-electron chi connectivity index (χ2n) is 5.20. The summed E-state index contributed by atoms with van der Waals surface area (Å²) in [6.45, 7) is 4.77. The van der Waals surface area contributed by atoms with Gasteiger partial charge in [0, 0.05) is 23.1 Å². The summed E-state index contributed by atoms with van der Waals surface area (Å²) in [5.74, 6) is -0.124. The molecule has 3 aromatic rings. The Hall–Kier alpha value is -2.56. The summed E-state index contributed by atoms with van der Waals surface area (Å²) in [6, 6.07) is 6.29. The van der Waals surface area contributed by atoms with E-state index in [0.717, 1.165) is 12.1 Å². The number of H-pyrrole nitrogens is 2. The van der Waals surface area contributed by atoms with Gasteiger partial charge in [-0.15, -0.1) is 0 Å². The van der Waals surface area contributed by atoms with E-state index < -0.39 is 0 Å². The van der Waals surface area contributed by atoms with Crippen molar-refractivity contribution in [3.8, 4) is 0 Å². The van der Waals surface area contributed by atoms with Crippen LogP contribution in [0.3, 0.4) is 0 Å². The first-order valence-corrected chi connectivity index (χ1v) is 7.00. The first-order chi connectivity index (χ1) is 10.2. The molecule has 0 bridgehead atoms. The van der Waals surface area contributed by atoms with Gasteiger partial charge >= 0.3 is 0 Å². The maximum absolute atomic E-state index is 11.8. The molecule has 5 heteroatoms. The third kappa shape index (κ3) is 2.54. The lowest BCUT2D eigenvalue weighted by Gasteiger charge is -2.04. The number of aromatic nitrogens is 3. The number of carbonyl (C=O) groups is 1. The van der Waals surface area contributed by atoms with Crippen molar-refractivity contribution in [1.82, 2.24) is 20.3 Å². The molecule has 0 unspecified atom stereocenters. The lowest BCUT2D eigenvalue weighted by atomic mass is 10.1. The molecule has 2 heterocycles. The van der Waals surface area contributed by atoms with Crippen LogP contribution in [0.15, 0.2) is 30.7 Å². The number of hydrogen-bond donors (Lipinski definition) is 3. The average molecular weight is 282 g/mol. The topological polar surface area (TPSA) is 73.6 Å². The molecule has 0 saturated carbocycles. The lowest BCUT2D eigenvalue weighted by Crippen LogP contribution is -2.26. The number of amides is 1. The smallest absolute Gasteiger partial charge is 0.269 e. The van der Waals surface area contributed by atoms with Gasteiger partial charge in [-0.1, -0.05) is 18.2 Å². The van der Waals surface area contributed by atoms with Crippen LogP contribution in [0.2, 0.25) is 0 Å². The summed E-state index contributed by atoms with van der Waals surface area (Å²) in [5, 5.41) is 4.14. The Kier molecular flexibility index (Phi) is 3.48. The molecular weight excluding hydrogens is 264 g/mol. The first kappa shape index (κ1) is 13.4. The third-order valence-electron chi connectivity index (χ3n) is 3.77. The molecular formula is C16H18N4O. The van der Waals surface area contributed by atoms with E-state index in [-0.39, 0.29) is 5.91 Å². The maximum atomic E-state index is 11.8. The normalized spacial score (nSPS) is 11.0. The fourth-order valence-corrected chi connectivity index (χ4v) is 2.65. The quantitative estimate of drug-likeness (QED) is 0.687. The number of rotatable bonds is 4. The zero-order valence-corrected chi connectivity index (χ0v) is 12.2. The highest BCUT2D eigenvalue weighted by Gasteiger charge is 2.11. The van der Waals surface area contributed by atoms with Gasteiger partial charge in [0.05, 0.1) is 12.5 Å². The molecule has 0 aliphatic carbocycles. The maximum Gasteiger partial charge on any atom is 0.269 e. The van der Waals surface area contributed by atoms with Gasteiger partial charge in [-0.2, -0.15) is 0 Å². The van der Waals surface area contributed by atoms with E-state index in [1.165, 1.54) is 34.6 Å². The molecule has 0 radical (unpaired) electrons. The van der Waals surface area contributed by atoms with Crippen molar-refractivity contribution >= 4 is 16.8 Å². The molecule has 5 nitrogen and oxygen atoms in total. The molecule has 3 rings (SSSR count). The van der Waals surface area contributed by atoms with Crippen molar-refractivity contribution in [2.45, 2.75) is 20.3 Å². The highest BCUT2D eigenvalue weighted by Crippen LogP contribution is 2.24. The summed E-state index contributed by atoms with van der Waals surface area (Å²) in [4.78, 5) is 21.9. The highest BCUT2D eigenvalue weighted by molar-refractivity contribution is 5.92. The van der Waals surface area contributed by atoms with Gasteiger partial charge in [0.25, 0.3) is 5.91 Å². The van der Waals surface area contributed by atoms with Crippen LogP contribution < -0.4 is 5.32 Å². The van der Waals surface area contributed by atoms with E-state index in [4.69, 9.17) is 0 Å². The van der Waals surface area contributed by atoms with Crippen LogP contribution in [-0.2, 0) is 6.42 Å². The largest absolute Gasteiger partial charge is 0.358 e. The van der Waals surface area contributed by atoms with Crippen molar-refractivity contribution in [2.75, 3.05) is 6.54 Å². The van der Waals surface area contributed by atoms with E-state index in [9.17, 15) is 4.79 Å². The minimum Gasteiger partial charge on any atom is -0.358 e. The van der Waals surface area contributed by atoms with E-state index >= 15 is 0 Å². The van der Waals surface area contributed by atoms with Crippen LogP contribution in [0, 0.1) is 13.8 Å². The van der Waals surface area contributed by atoms with Crippen LogP contribution in [-0.4, -0.2) is 27.4 Å². The van der Waals surface area contributed by atoms with Crippen molar-refractivity contribution in [3.63, 3.8) is 0 Å². The van der Waals surface area contributed by atoms with Gasteiger partial charge in [-0.05, 0) is 31.4 Å². The molecule has 0 fully saturated rings. The number of carbonyl (C=O) groups excluding carboxylic acids is 1. The predicted molar refractivity (Wildman–Crippen MR) is 82.4 cm³/mol. The SMILES string of the molecule is Cc1[nH]c2c(C)cccc2c1CCNC(=O)c1cnc[nH]1. The van der Waals surface area contributed by atoms with Crippen LogP contribution in [0.5, 0.6) is 0 Å². The van der Waals surface area contributed by atoms with Gasteiger partial charge in [-0.3, -0.25) is 4.79 Å². The summed E-state index contributed by atoms with van der Waals surface area (Å²) < 4.78 is 0. The fourth-order valence-electron chi connectivity index (χ4n) is 2.65. The van der Waals surface area contributed by atoms with Crippen LogP contribution in [0.4, 0.5) is 0 Å². The minimum absolute atomic E-state index is 0.124. The number of benzene rings is 1. The van der Waals surface area contributed by atoms with E-state index in [1.54, 1.807) is 0 Å². The Bertz CT molecular complexity index is 771. The van der Waals surface area contributed by atoms with Gasteiger partial charge in [0.1, 0.15) is 5.69 Å². The van der Waals surface area contributed by atoms with Crippen LogP contribution >= 0.6 is 0 Å². The lowest BCUT2D eigenvalue weighted by molar-refractivity contribution is 0.0949. The zero-order chi connectivity index (χ0) is 14.8. The van der Waals surface area contributed by atoms with Crippen LogP contribution in [0.1, 0.15) is 27.3 Å². The predicted octanol–water partition coefficient (Wildman–Crippen LogP) is 2.48. The molecule has 0 aliphatic heterocycles. The number of para-hydroxylation sites is 1. The van der Waals surface area contributed by atoms with Gasteiger partial charge in [0.2, 0.25) is 0 Å². The van der Waals surface area contributed by atoms with Crippen molar-refractivity contribution in [1.29, 1.82) is 0 Å². The van der Waals surface area contributed by atoms with Gasteiger partial charge in [-0.25, -0.2) is 4.98 Å². The molecule has 0 spiro atoms. The number of fused-ring (bicyclic) bond motifs is 1. The van der Waals surface area contributed by atoms with Crippen molar-refractivity contribution in [3.05, 3.63) is 53.2 Å². The Morgan fingerprint density at radius 3 is 2.95 bits per heavy atom. The van der Waals surface area contributed by atoms with Gasteiger partial charge in [0.15, 0.2) is 0 Å². The second kappa shape index (κ2) is 5.44. The Morgan fingerprint density at radius 1 is 1.33 bits per heavy atom. The van der Waals surface area contributed by atoms with Crippen molar-refractivity contribution in [2.24, 2.45) is 0 Å². The zero-order valence-electron chi connectivity index (χ0n) is 12.2. The summed E-state index contributed by atoms with van der Waals surface area (Å²) in [7, 11) is 0. The second-order valence-corrected chi connectivity index (χ2v) is 5.20. The monoisotopic (exact) mass is 282 g/mol. The summed E-state index contributed by atoms with van der Waals surface area (Å²) >= 11 is 0. The average Bonchev–Trinajstić information content (AvgIpc) is 3.09. The molecule has 3 N–H and O–H groups in total. The molecule has 2 aromatic heterocycles. The standard InChI is InChI=1S/C16H18N4O/c1-10-4-3-5-13-12(11(2)20-15(10)13)6-7-18-16(21)14-8-17-9-19-14/h3-5,8-9,20H,6-7H2,1-2H3,(H,17,19)(H,18,21). The van der Waals surface area contributed by atoms with Crippen LogP contribution in [0.25, 0.3) is 10.9 Å². The van der Waals surface area contributed by atoms with Crippen molar-refractivity contribution < 1.29 is 4.79 Å². The molecule has 0 saturated heterocycles. The first-order valence-electron chi connectivity index (χ1n) is 7.00. The number of nitrogens with zero attached hydrogens (tertiary/aromatic N) is 1. The highest BCUT2D eigenvalue weighted by atomic mass is 16.1. The number of hydrogen-bond acceptors (Lipinski definition) is 2. The summed E-state index contributed by atoms with van der Waals surface area (Å²) in [6.07, 6.45) is 3.83. The van der Waals surface area contributed by atoms with Gasteiger partial charge < -0.3 is 15.3 Å². The molecule has 1 aromatic carbocycles. The molecule has 108 valence electrons. The minimum atomic E-state index is -0.124. The van der Waals surface area contributed by atoms with E-state index in [1.807, 2.05) is 0 Å². The Morgan fingerprint density at radius 2 is 2.19 bits per heavy atom. The molecule has 1 amide bonds. The Balaban J connectivity index is 1.72. The third-order valence-corrected chi connectivity index (χ3v) is 3.77. The van der Waals surface area contributed by atoms with E-state index in [0.29, 0.717) is 12.2 Å². The number of nitrogens with one attached hydrogen (secondary N) is 3. The fraction of sp³-hybridized carbons (Fsp3) is 0.250.